The van der Waals surface area contributed by atoms with Crippen LogP contribution in [0.25, 0.3) is 0 Å². The lowest BCUT2D eigenvalue weighted by atomic mass is 10.1. The summed E-state index contributed by atoms with van der Waals surface area (Å²) in [4.78, 5) is 36.2. The van der Waals surface area contributed by atoms with Crippen LogP contribution in [-0.4, -0.2) is 41.6 Å². The molecule has 0 heterocycles. The summed E-state index contributed by atoms with van der Waals surface area (Å²) < 4.78 is 5.87. The van der Waals surface area contributed by atoms with E-state index in [1.165, 1.54) is 38.5 Å². The summed E-state index contributed by atoms with van der Waals surface area (Å²) in [6.45, 7) is 4.76. The van der Waals surface area contributed by atoms with Gasteiger partial charge in [0.05, 0.1) is 0 Å². The van der Waals surface area contributed by atoms with Gasteiger partial charge in [-0.25, -0.2) is 4.79 Å². The Morgan fingerprint density at radius 2 is 1.21 bits per heavy atom. The van der Waals surface area contributed by atoms with Crippen LogP contribution in [0.4, 0.5) is 0 Å². The predicted octanol–water partition coefficient (Wildman–Crippen LogP) is 10.2. The van der Waals surface area contributed by atoms with Crippen molar-refractivity contribution in [3.63, 3.8) is 0 Å². The SMILES string of the molecule is CC/C=C\C/C=C\C/C=C\C(CCCCCCC(=O)NC(CCCN)C(=O)O)OC(=O)CCCCCCC/C=C\C/C=C\CCCCC. The molecule has 0 aliphatic rings. The Kier molecular flexibility index (Phi) is 33.2. The molecule has 0 saturated heterocycles. The van der Waals surface area contributed by atoms with E-state index in [1.807, 2.05) is 6.08 Å². The van der Waals surface area contributed by atoms with Crippen LogP contribution in [0.5, 0.6) is 0 Å². The van der Waals surface area contributed by atoms with Crippen molar-refractivity contribution in [2.45, 2.75) is 174 Å². The molecule has 0 spiro atoms. The van der Waals surface area contributed by atoms with E-state index in [-0.39, 0.29) is 18.0 Å². The average molecular weight is 671 g/mol. The highest BCUT2D eigenvalue weighted by atomic mass is 16.5. The van der Waals surface area contributed by atoms with Crippen molar-refractivity contribution in [2.75, 3.05) is 6.54 Å². The fourth-order valence-electron chi connectivity index (χ4n) is 5.18. The molecule has 0 aliphatic carbocycles. The Morgan fingerprint density at radius 3 is 1.85 bits per heavy atom. The number of unbranched alkanes of at least 4 members (excludes halogenated alkanes) is 11. The Hall–Kier alpha value is -2.93. The molecule has 0 aliphatic heterocycles. The lowest BCUT2D eigenvalue weighted by molar-refractivity contribution is -0.147. The summed E-state index contributed by atoms with van der Waals surface area (Å²) in [7, 11) is 0. The van der Waals surface area contributed by atoms with Gasteiger partial charge in [-0.3, -0.25) is 9.59 Å². The first-order chi connectivity index (χ1) is 23.4. The first-order valence-corrected chi connectivity index (χ1v) is 19.1. The van der Waals surface area contributed by atoms with Crippen molar-refractivity contribution >= 4 is 17.8 Å². The molecule has 0 aromatic carbocycles. The smallest absolute Gasteiger partial charge is 0.326 e. The second-order valence-corrected chi connectivity index (χ2v) is 12.6. The molecule has 0 rings (SSSR count). The first kappa shape index (κ1) is 45.1. The molecule has 0 aromatic heterocycles. The number of carbonyl (C=O) groups is 3. The number of esters is 1. The molecule has 0 aromatic rings. The van der Waals surface area contributed by atoms with Crippen molar-refractivity contribution in [3.8, 4) is 0 Å². The van der Waals surface area contributed by atoms with Gasteiger partial charge >= 0.3 is 11.9 Å². The highest BCUT2D eigenvalue weighted by molar-refractivity contribution is 5.83. The zero-order chi connectivity index (χ0) is 35.3. The Bertz CT molecular complexity index is 937. The summed E-state index contributed by atoms with van der Waals surface area (Å²) in [6.07, 6.45) is 42.8. The van der Waals surface area contributed by atoms with Crippen molar-refractivity contribution < 1.29 is 24.2 Å². The number of nitrogens with one attached hydrogen (secondary N) is 1. The van der Waals surface area contributed by atoms with Crippen LogP contribution in [0, 0.1) is 0 Å². The molecule has 0 fully saturated rings. The highest BCUT2D eigenvalue weighted by Gasteiger charge is 2.18. The van der Waals surface area contributed by atoms with Crippen LogP contribution in [-0.2, 0) is 19.1 Å². The largest absolute Gasteiger partial charge is 0.480 e. The Morgan fingerprint density at radius 1 is 0.646 bits per heavy atom. The number of nitrogens with two attached hydrogens (primary N) is 1. The van der Waals surface area contributed by atoms with Gasteiger partial charge < -0.3 is 20.9 Å². The van der Waals surface area contributed by atoms with E-state index in [1.54, 1.807) is 0 Å². The summed E-state index contributed by atoms with van der Waals surface area (Å²) in [5, 5.41) is 11.9. The maximum absolute atomic E-state index is 12.6. The predicted molar refractivity (Wildman–Crippen MR) is 202 cm³/mol. The molecule has 0 bridgehead atoms. The molecule has 1 amide bonds. The number of carbonyl (C=O) groups excluding carboxylic acids is 2. The number of hydrogen-bond acceptors (Lipinski definition) is 5. The van der Waals surface area contributed by atoms with Crippen molar-refractivity contribution in [1.82, 2.24) is 5.32 Å². The molecular formula is C41H70N2O5. The summed E-state index contributed by atoms with van der Waals surface area (Å²) in [5.74, 6) is -1.39. The monoisotopic (exact) mass is 671 g/mol. The molecule has 48 heavy (non-hydrogen) atoms. The molecule has 274 valence electrons. The zero-order valence-electron chi connectivity index (χ0n) is 30.6. The number of allylic oxidation sites excluding steroid dienone is 9. The molecule has 7 heteroatoms. The maximum atomic E-state index is 12.6. The van der Waals surface area contributed by atoms with E-state index >= 15 is 0 Å². The minimum Gasteiger partial charge on any atom is -0.480 e. The number of rotatable bonds is 33. The quantitative estimate of drug-likeness (QED) is 0.0363. The second kappa shape index (κ2) is 35.4. The van der Waals surface area contributed by atoms with Crippen molar-refractivity contribution in [2.24, 2.45) is 5.73 Å². The average Bonchev–Trinajstić information content (AvgIpc) is 3.07. The molecule has 2 unspecified atom stereocenters. The second-order valence-electron chi connectivity index (χ2n) is 12.6. The Labute approximate surface area is 293 Å². The molecule has 4 N–H and O–H groups in total. The van der Waals surface area contributed by atoms with E-state index in [0.29, 0.717) is 38.6 Å². The van der Waals surface area contributed by atoms with Gasteiger partial charge in [-0.05, 0) is 103 Å². The minimum absolute atomic E-state index is 0.130. The van der Waals surface area contributed by atoms with E-state index in [4.69, 9.17) is 10.5 Å². The number of aliphatic carboxylic acids is 1. The summed E-state index contributed by atoms with van der Waals surface area (Å²) in [6, 6.07) is -0.879. The van der Waals surface area contributed by atoms with Crippen LogP contribution < -0.4 is 11.1 Å². The number of ether oxygens (including phenoxy) is 1. The molecule has 0 radical (unpaired) electrons. The van der Waals surface area contributed by atoms with Crippen molar-refractivity contribution in [1.29, 1.82) is 0 Å². The first-order valence-electron chi connectivity index (χ1n) is 19.1. The topological polar surface area (TPSA) is 119 Å². The lowest BCUT2D eigenvalue weighted by Crippen LogP contribution is -2.40. The lowest BCUT2D eigenvalue weighted by Gasteiger charge is -2.15. The fraction of sp³-hybridized carbons (Fsp3) is 0.683. The van der Waals surface area contributed by atoms with E-state index in [0.717, 1.165) is 77.0 Å². The van der Waals surface area contributed by atoms with Gasteiger partial charge in [0.1, 0.15) is 12.1 Å². The number of hydrogen-bond donors (Lipinski definition) is 3. The summed E-state index contributed by atoms with van der Waals surface area (Å²) in [5.41, 5.74) is 5.47. The van der Waals surface area contributed by atoms with E-state index < -0.39 is 12.0 Å². The molecule has 7 nitrogen and oxygen atoms in total. The normalized spacial score (nSPS) is 13.4. The fourth-order valence-corrected chi connectivity index (χ4v) is 5.18. The third-order valence-corrected chi connectivity index (χ3v) is 8.05. The van der Waals surface area contributed by atoms with Gasteiger partial charge in [-0.15, -0.1) is 0 Å². The van der Waals surface area contributed by atoms with Gasteiger partial charge in [-0.1, -0.05) is 113 Å². The number of carboxylic acids is 1. The van der Waals surface area contributed by atoms with Crippen LogP contribution in [0.2, 0.25) is 0 Å². The van der Waals surface area contributed by atoms with Gasteiger partial charge in [0, 0.05) is 12.8 Å². The van der Waals surface area contributed by atoms with E-state index in [2.05, 4.69) is 73.8 Å². The van der Waals surface area contributed by atoms with E-state index in [9.17, 15) is 19.5 Å². The minimum atomic E-state index is -1.02. The van der Waals surface area contributed by atoms with Gasteiger partial charge in [0.2, 0.25) is 5.91 Å². The van der Waals surface area contributed by atoms with Crippen LogP contribution in [0.1, 0.15) is 162 Å². The Balaban J connectivity index is 4.39. The van der Waals surface area contributed by atoms with Crippen LogP contribution in [0.15, 0.2) is 60.8 Å². The third kappa shape index (κ3) is 31.7. The molecular weight excluding hydrogens is 600 g/mol. The van der Waals surface area contributed by atoms with Crippen molar-refractivity contribution in [3.05, 3.63) is 60.8 Å². The maximum Gasteiger partial charge on any atom is 0.326 e. The van der Waals surface area contributed by atoms with Crippen LogP contribution >= 0.6 is 0 Å². The standard InChI is InChI=1S/C41H70N2O5/c1-3-5-7-9-11-13-14-15-16-17-18-19-21-23-29-35-40(45)48-37(31-26-22-20-12-10-8-6-4-2)32-27-24-25-28-34-39(44)43-38(41(46)47)33-30-36-42/h6,8,11-13,15-16,20,26,31,37-38H,3-5,7,9-10,14,17-19,21-25,27-30,32-36,42H2,1-2H3,(H,43,44)(H,46,47)/b8-6-,13-11-,16-15-,20-12-,31-26-. The molecule has 0 saturated carbocycles. The van der Waals surface area contributed by atoms with Gasteiger partial charge in [0.25, 0.3) is 0 Å². The third-order valence-electron chi connectivity index (χ3n) is 8.05. The van der Waals surface area contributed by atoms with Crippen LogP contribution in [0.3, 0.4) is 0 Å². The van der Waals surface area contributed by atoms with Gasteiger partial charge in [0.15, 0.2) is 0 Å². The zero-order valence-corrected chi connectivity index (χ0v) is 30.6. The number of carboxylic acid groups (broad SMARTS) is 1. The molecule has 2 atom stereocenters. The summed E-state index contributed by atoms with van der Waals surface area (Å²) >= 11 is 0. The van der Waals surface area contributed by atoms with Gasteiger partial charge in [-0.2, -0.15) is 0 Å². The number of amides is 1. The highest BCUT2D eigenvalue weighted by Crippen LogP contribution is 2.14.